The monoisotopic (exact) mass is 552 g/mol. The molecule has 1 saturated heterocycles. The molecule has 1 N–H and O–H groups in total. The Morgan fingerprint density at radius 1 is 0.976 bits per heavy atom. The predicted octanol–water partition coefficient (Wildman–Crippen LogP) is 7.32. The number of nitrogens with zero attached hydrogens (tertiary/aromatic N) is 4. The second-order valence-electron chi connectivity index (χ2n) is 12.5. The van der Waals surface area contributed by atoms with Crippen LogP contribution in [0.4, 0.5) is 17.2 Å². The molecule has 0 spiro atoms. The van der Waals surface area contributed by atoms with Gasteiger partial charge in [0.25, 0.3) is 0 Å². The van der Waals surface area contributed by atoms with Crippen LogP contribution >= 0.6 is 0 Å². The molecule has 214 valence electrons. The van der Waals surface area contributed by atoms with Gasteiger partial charge in [-0.2, -0.15) is 0 Å². The van der Waals surface area contributed by atoms with Crippen molar-refractivity contribution in [3.05, 3.63) is 71.0 Å². The number of carboxylic acids is 1. The van der Waals surface area contributed by atoms with Crippen LogP contribution in [0.3, 0.4) is 0 Å². The summed E-state index contributed by atoms with van der Waals surface area (Å²) in [4.78, 5) is 22.5. The highest BCUT2D eigenvalue weighted by Gasteiger charge is 2.36. The zero-order valence-corrected chi connectivity index (χ0v) is 25.0. The van der Waals surface area contributed by atoms with Crippen LogP contribution in [0.1, 0.15) is 62.1 Å². The van der Waals surface area contributed by atoms with Crippen LogP contribution < -0.4 is 9.80 Å². The van der Waals surface area contributed by atoms with E-state index in [1.807, 2.05) is 33.9 Å². The Labute approximate surface area is 242 Å². The second-order valence-corrected chi connectivity index (χ2v) is 12.5. The van der Waals surface area contributed by atoms with Crippen molar-refractivity contribution in [1.29, 1.82) is 0 Å². The average Bonchev–Trinajstić information content (AvgIpc) is 3.58. The molecule has 1 fully saturated rings. The fourth-order valence-corrected chi connectivity index (χ4v) is 6.57. The van der Waals surface area contributed by atoms with Gasteiger partial charge in [0, 0.05) is 42.8 Å². The Bertz CT molecular complexity index is 1610. The van der Waals surface area contributed by atoms with Gasteiger partial charge in [-0.05, 0) is 89.3 Å². The van der Waals surface area contributed by atoms with E-state index >= 15 is 0 Å². The van der Waals surface area contributed by atoms with E-state index < -0.39 is 17.7 Å². The third-order valence-electron chi connectivity index (χ3n) is 8.42. The number of carboxylic acid groups (broad SMARTS) is 1. The van der Waals surface area contributed by atoms with Crippen molar-refractivity contribution >= 4 is 34.1 Å². The van der Waals surface area contributed by atoms with Crippen LogP contribution in [-0.2, 0) is 16.1 Å². The third kappa shape index (κ3) is 4.86. The van der Waals surface area contributed by atoms with Crippen molar-refractivity contribution in [2.75, 3.05) is 29.4 Å². The van der Waals surface area contributed by atoms with Crippen molar-refractivity contribution in [2.24, 2.45) is 0 Å². The summed E-state index contributed by atoms with van der Waals surface area (Å²) in [5.74, 6) is -0.116. The summed E-state index contributed by atoms with van der Waals surface area (Å²) >= 11 is 0. The fourth-order valence-electron chi connectivity index (χ4n) is 6.57. The van der Waals surface area contributed by atoms with Gasteiger partial charge in [0.2, 0.25) is 0 Å². The molecule has 1 atom stereocenters. The van der Waals surface area contributed by atoms with E-state index in [9.17, 15) is 9.90 Å². The molecule has 7 nitrogen and oxygen atoms in total. The van der Waals surface area contributed by atoms with E-state index in [-0.39, 0.29) is 0 Å². The largest absolute Gasteiger partial charge is 0.479 e. The molecule has 2 aromatic heterocycles. The number of hydrogen-bond acceptors (Lipinski definition) is 5. The van der Waals surface area contributed by atoms with Gasteiger partial charge in [0.05, 0.1) is 28.7 Å². The average molecular weight is 553 g/mol. The van der Waals surface area contributed by atoms with E-state index in [2.05, 4.69) is 70.7 Å². The molecule has 4 aromatic rings. The van der Waals surface area contributed by atoms with Gasteiger partial charge in [-0.3, -0.25) is 0 Å². The molecular formula is C34H40N4O3. The number of anilines is 3. The number of aliphatic carboxylic acids is 1. The third-order valence-corrected chi connectivity index (χ3v) is 8.42. The van der Waals surface area contributed by atoms with E-state index in [0.717, 1.165) is 82.2 Å². The second kappa shape index (κ2) is 10.2. The molecule has 0 radical (unpaired) electrons. The number of aryl methyl sites for hydroxylation is 2. The Morgan fingerprint density at radius 2 is 1.68 bits per heavy atom. The minimum Gasteiger partial charge on any atom is -0.479 e. The molecule has 4 heterocycles. The van der Waals surface area contributed by atoms with Crippen molar-refractivity contribution in [1.82, 2.24) is 9.55 Å². The van der Waals surface area contributed by atoms with Crippen LogP contribution in [0, 0.1) is 20.8 Å². The summed E-state index contributed by atoms with van der Waals surface area (Å²) in [6, 6.07) is 14.8. The number of carbonyl (C=O) groups is 1. The van der Waals surface area contributed by atoms with Crippen LogP contribution in [0.2, 0.25) is 0 Å². The number of pyridine rings is 1. The number of benzene rings is 2. The number of rotatable bonds is 6. The molecule has 0 bridgehead atoms. The maximum absolute atomic E-state index is 12.9. The van der Waals surface area contributed by atoms with Gasteiger partial charge in [0.1, 0.15) is 5.82 Å². The molecule has 2 aliphatic rings. The molecule has 7 heteroatoms. The molecule has 0 saturated carbocycles. The molecule has 41 heavy (non-hydrogen) atoms. The Balaban J connectivity index is 1.61. The lowest BCUT2D eigenvalue weighted by Gasteiger charge is -2.35. The van der Waals surface area contributed by atoms with Gasteiger partial charge in [0.15, 0.2) is 6.10 Å². The fraction of sp³-hybridized carbons (Fsp3) is 0.412. The smallest absolute Gasteiger partial charge is 0.337 e. The summed E-state index contributed by atoms with van der Waals surface area (Å²) in [6.07, 6.45) is 3.29. The Morgan fingerprint density at radius 3 is 2.29 bits per heavy atom. The molecular weight excluding hydrogens is 512 g/mol. The maximum atomic E-state index is 12.9. The zero-order chi connectivity index (χ0) is 29.1. The first kappa shape index (κ1) is 27.3. The summed E-state index contributed by atoms with van der Waals surface area (Å²) < 4.78 is 8.69. The topological polar surface area (TPSA) is 70.8 Å². The maximum Gasteiger partial charge on any atom is 0.337 e. The van der Waals surface area contributed by atoms with Crippen LogP contribution in [-0.4, -0.2) is 45.9 Å². The highest BCUT2D eigenvalue weighted by Crippen LogP contribution is 2.49. The van der Waals surface area contributed by atoms with E-state index in [4.69, 9.17) is 9.72 Å². The van der Waals surface area contributed by atoms with Gasteiger partial charge < -0.3 is 24.2 Å². The van der Waals surface area contributed by atoms with Gasteiger partial charge in [-0.15, -0.1) is 0 Å². The normalized spacial score (nSPS) is 16.0. The highest BCUT2D eigenvalue weighted by molar-refractivity contribution is 6.08. The molecule has 0 aliphatic carbocycles. The Kier molecular flexibility index (Phi) is 6.81. The summed E-state index contributed by atoms with van der Waals surface area (Å²) in [7, 11) is 0. The quantitative estimate of drug-likeness (QED) is 0.270. The minimum atomic E-state index is -1.13. The van der Waals surface area contributed by atoms with Crippen molar-refractivity contribution in [2.45, 2.75) is 72.6 Å². The summed E-state index contributed by atoms with van der Waals surface area (Å²) in [5.41, 5.74) is 8.49. The van der Waals surface area contributed by atoms with Crippen LogP contribution in [0.15, 0.2) is 48.7 Å². The first-order chi connectivity index (χ1) is 19.5. The molecule has 6 rings (SSSR count). The van der Waals surface area contributed by atoms with Crippen LogP contribution in [0.5, 0.6) is 0 Å². The highest BCUT2D eigenvalue weighted by atomic mass is 16.5. The summed E-state index contributed by atoms with van der Waals surface area (Å²) in [6.45, 7) is 15.7. The van der Waals surface area contributed by atoms with Gasteiger partial charge in [-0.25, -0.2) is 9.78 Å². The van der Waals surface area contributed by atoms with Crippen LogP contribution in [0.25, 0.3) is 22.0 Å². The summed E-state index contributed by atoms with van der Waals surface area (Å²) in [5, 5.41) is 11.6. The molecule has 2 aliphatic heterocycles. The van der Waals surface area contributed by atoms with E-state index in [1.54, 1.807) is 0 Å². The number of aromatic nitrogens is 2. The van der Waals surface area contributed by atoms with Gasteiger partial charge >= 0.3 is 5.97 Å². The zero-order valence-electron chi connectivity index (χ0n) is 25.0. The molecule has 2 aromatic carbocycles. The van der Waals surface area contributed by atoms with Crippen molar-refractivity contribution < 1.29 is 14.6 Å². The van der Waals surface area contributed by atoms with Gasteiger partial charge in [-0.1, -0.05) is 29.8 Å². The lowest BCUT2D eigenvalue weighted by atomic mass is 9.87. The van der Waals surface area contributed by atoms with E-state index in [0.29, 0.717) is 5.56 Å². The predicted molar refractivity (Wildman–Crippen MR) is 165 cm³/mol. The number of ether oxygens (including phenoxy) is 1. The van der Waals surface area contributed by atoms with Crippen molar-refractivity contribution in [3.63, 3.8) is 0 Å². The first-order valence-corrected chi connectivity index (χ1v) is 14.7. The first-order valence-electron chi connectivity index (χ1n) is 14.7. The number of hydrogen-bond donors (Lipinski definition) is 1. The Hall–Kier alpha value is -3.84. The van der Waals surface area contributed by atoms with Crippen molar-refractivity contribution in [3.8, 4) is 11.1 Å². The SMILES string of the molecule is Cc1ccc(-c2c([C@H](OC(C)(C)C)C(=O)O)c(C)c3c4c2cc(C)n4CCN3c2ccc(N3CCCC3)cn2)cc1. The molecule has 0 amide bonds. The lowest BCUT2D eigenvalue weighted by Crippen LogP contribution is -2.31. The standard InChI is InChI=1S/C34H40N4O3/c1-21-9-11-24(12-10-21)29-26-19-22(2)37-17-18-38(27-14-13-25(20-35-27)36-15-7-8-16-36)30(31(26)37)23(3)28(29)32(33(39)40)41-34(4,5)6/h9-14,19-20,32H,7-8,15-18H2,1-6H3,(H,39,40)/t32-/m0/s1. The minimum absolute atomic E-state index is 0.652. The van der Waals surface area contributed by atoms with E-state index in [1.165, 1.54) is 12.8 Å². The lowest BCUT2D eigenvalue weighted by molar-refractivity contribution is -0.160. The molecule has 0 unspecified atom stereocenters.